The summed E-state index contributed by atoms with van der Waals surface area (Å²) >= 11 is 3.60. The molecule has 0 fully saturated rings. The summed E-state index contributed by atoms with van der Waals surface area (Å²) in [6.07, 6.45) is 2.02. The van der Waals surface area contributed by atoms with Gasteiger partial charge in [-0.1, -0.05) is 28.1 Å². The van der Waals surface area contributed by atoms with Crippen molar-refractivity contribution in [3.63, 3.8) is 0 Å². The molecule has 1 aromatic heterocycles. The fourth-order valence-corrected chi connectivity index (χ4v) is 3.46. The number of nitrogens with zero attached hydrogens (tertiary/aromatic N) is 1. The van der Waals surface area contributed by atoms with Crippen molar-refractivity contribution in [3.8, 4) is 5.88 Å². The molecule has 1 aromatic carbocycles. The van der Waals surface area contributed by atoms with Crippen LogP contribution in [0.4, 0.5) is 5.82 Å². The van der Waals surface area contributed by atoms with Gasteiger partial charge in [0, 0.05) is 4.47 Å². The number of carbonyl (C=O) groups excluding carboxylic acids is 1. The number of carbonyl (C=O) groups is 1. The maximum Gasteiger partial charge on any atom is 0.343 e. The molecule has 5 nitrogen and oxygen atoms in total. The highest BCUT2D eigenvalue weighted by Crippen LogP contribution is 2.37. The molecule has 0 spiro atoms. The SMILES string of the molecule is COC(=O)c1ccc(N[C@H]2CCc3c(Br)cccc32)nc1OC. The van der Waals surface area contributed by atoms with Crippen LogP contribution in [0.3, 0.4) is 0 Å². The topological polar surface area (TPSA) is 60.5 Å². The lowest BCUT2D eigenvalue weighted by atomic mass is 10.1. The van der Waals surface area contributed by atoms with Crippen LogP contribution in [0.1, 0.15) is 33.9 Å². The Labute approximate surface area is 143 Å². The highest BCUT2D eigenvalue weighted by Gasteiger charge is 2.24. The molecule has 0 bridgehead atoms. The normalized spacial score (nSPS) is 15.9. The van der Waals surface area contributed by atoms with Crippen molar-refractivity contribution in [3.05, 3.63) is 51.5 Å². The zero-order valence-electron chi connectivity index (χ0n) is 12.9. The quantitative estimate of drug-likeness (QED) is 0.823. The molecule has 1 N–H and O–H groups in total. The summed E-state index contributed by atoms with van der Waals surface area (Å²) < 4.78 is 11.1. The first-order valence-corrected chi connectivity index (χ1v) is 8.10. The number of rotatable bonds is 4. The molecule has 0 saturated heterocycles. The smallest absolute Gasteiger partial charge is 0.343 e. The van der Waals surface area contributed by atoms with Crippen LogP contribution in [0.5, 0.6) is 5.88 Å². The van der Waals surface area contributed by atoms with Gasteiger partial charge in [0.15, 0.2) is 0 Å². The van der Waals surface area contributed by atoms with Crippen LogP contribution < -0.4 is 10.1 Å². The molecule has 0 aliphatic heterocycles. The number of ether oxygens (including phenoxy) is 2. The lowest BCUT2D eigenvalue weighted by molar-refractivity contribution is 0.0596. The van der Waals surface area contributed by atoms with Gasteiger partial charge in [-0.2, -0.15) is 4.98 Å². The molecular formula is C17H17BrN2O3. The van der Waals surface area contributed by atoms with E-state index in [1.54, 1.807) is 12.1 Å². The van der Waals surface area contributed by atoms with Gasteiger partial charge in [-0.25, -0.2) is 4.79 Å². The Morgan fingerprint density at radius 2 is 2.13 bits per heavy atom. The van der Waals surface area contributed by atoms with Crippen molar-refractivity contribution in [1.82, 2.24) is 4.98 Å². The molecule has 1 atom stereocenters. The van der Waals surface area contributed by atoms with Crippen LogP contribution in [0.25, 0.3) is 0 Å². The van der Waals surface area contributed by atoms with E-state index in [-0.39, 0.29) is 11.9 Å². The maximum atomic E-state index is 11.7. The third kappa shape index (κ3) is 3.03. The van der Waals surface area contributed by atoms with E-state index in [0.29, 0.717) is 11.4 Å². The summed E-state index contributed by atoms with van der Waals surface area (Å²) in [6.45, 7) is 0. The molecule has 2 aromatic rings. The van der Waals surface area contributed by atoms with Gasteiger partial charge in [-0.05, 0) is 42.2 Å². The van der Waals surface area contributed by atoms with E-state index >= 15 is 0 Å². The fraction of sp³-hybridized carbons (Fsp3) is 0.294. The van der Waals surface area contributed by atoms with Crippen LogP contribution in [-0.4, -0.2) is 25.2 Å². The number of nitrogens with one attached hydrogen (secondary N) is 1. The van der Waals surface area contributed by atoms with Crippen LogP contribution in [0.15, 0.2) is 34.8 Å². The van der Waals surface area contributed by atoms with Gasteiger partial charge in [-0.15, -0.1) is 0 Å². The number of methoxy groups -OCH3 is 2. The minimum absolute atomic E-state index is 0.198. The van der Waals surface area contributed by atoms with Gasteiger partial charge in [0.05, 0.1) is 20.3 Å². The highest BCUT2D eigenvalue weighted by molar-refractivity contribution is 9.10. The van der Waals surface area contributed by atoms with Gasteiger partial charge in [0.1, 0.15) is 11.4 Å². The zero-order valence-corrected chi connectivity index (χ0v) is 14.5. The minimum Gasteiger partial charge on any atom is -0.480 e. The van der Waals surface area contributed by atoms with Gasteiger partial charge in [0.25, 0.3) is 0 Å². The van der Waals surface area contributed by atoms with Crippen molar-refractivity contribution in [2.75, 3.05) is 19.5 Å². The molecule has 0 radical (unpaired) electrons. The lowest BCUT2D eigenvalue weighted by Crippen LogP contribution is -2.11. The maximum absolute atomic E-state index is 11.7. The van der Waals surface area contributed by atoms with E-state index in [1.807, 2.05) is 6.07 Å². The number of pyridine rings is 1. The molecule has 0 unspecified atom stereocenters. The summed E-state index contributed by atoms with van der Waals surface area (Å²) in [5.74, 6) is 0.470. The monoisotopic (exact) mass is 376 g/mol. The van der Waals surface area contributed by atoms with E-state index in [9.17, 15) is 4.79 Å². The first-order chi connectivity index (χ1) is 11.1. The van der Waals surface area contributed by atoms with Crippen LogP contribution in [0, 0.1) is 0 Å². The average molecular weight is 377 g/mol. The van der Waals surface area contributed by atoms with Gasteiger partial charge < -0.3 is 14.8 Å². The van der Waals surface area contributed by atoms with Crippen LogP contribution >= 0.6 is 15.9 Å². The Kier molecular flexibility index (Phi) is 4.52. The number of anilines is 1. The first kappa shape index (κ1) is 15.8. The zero-order chi connectivity index (χ0) is 16.4. The standard InChI is InChI=1S/C17H17BrN2O3/c1-22-16-12(17(21)23-2)7-9-15(20-16)19-14-8-6-10-11(14)4-3-5-13(10)18/h3-5,7,9,14H,6,8H2,1-2H3,(H,19,20)/t14-/m0/s1. The van der Waals surface area contributed by atoms with Crippen LogP contribution in [-0.2, 0) is 11.2 Å². The molecule has 23 heavy (non-hydrogen) atoms. The number of aromatic nitrogens is 1. The number of esters is 1. The molecule has 0 saturated carbocycles. The number of benzene rings is 1. The predicted molar refractivity (Wildman–Crippen MR) is 91.0 cm³/mol. The van der Waals surface area contributed by atoms with Gasteiger partial charge in [0.2, 0.25) is 5.88 Å². The second-order valence-corrected chi connectivity index (χ2v) is 6.14. The Morgan fingerprint density at radius 3 is 2.87 bits per heavy atom. The van der Waals surface area contributed by atoms with Crippen molar-refractivity contribution in [2.45, 2.75) is 18.9 Å². The number of hydrogen-bond donors (Lipinski definition) is 1. The Bertz CT molecular complexity index is 749. The Balaban J connectivity index is 1.85. The molecule has 3 rings (SSSR count). The second-order valence-electron chi connectivity index (χ2n) is 5.29. The van der Waals surface area contributed by atoms with Crippen molar-refractivity contribution in [1.29, 1.82) is 0 Å². The second kappa shape index (κ2) is 6.58. The van der Waals surface area contributed by atoms with E-state index in [2.05, 4.69) is 38.4 Å². The summed E-state index contributed by atoms with van der Waals surface area (Å²) in [7, 11) is 2.82. The minimum atomic E-state index is -0.462. The third-order valence-electron chi connectivity index (χ3n) is 3.99. The summed E-state index contributed by atoms with van der Waals surface area (Å²) in [6, 6.07) is 9.86. The number of halogens is 1. The van der Waals surface area contributed by atoms with E-state index in [1.165, 1.54) is 25.3 Å². The Hall–Kier alpha value is -2.08. The highest BCUT2D eigenvalue weighted by atomic mass is 79.9. The van der Waals surface area contributed by atoms with Crippen molar-refractivity contribution >= 4 is 27.7 Å². The predicted octanol–water partition coefficient (Wildman–Crippen LogP) is 3.74. The molecular weight excluding hydrogens is 360 g/mol. The molecule has 120 valence electrons. The summed E-state index contributed by atoms with van der Waals surface area (Å²) in [5.41, 5.74) is 2.93. The van der Waals surface area contributed by atoms with E-state index in [0.717, 1.165) is 17.3 Å². The third-order valence-corrected chi connectivity index (χ3v) is 4.74. The van der Waals surface area contributed by atoms with Crippen molar-refractivity contribution < 1.29 is 14.3 Å². The molecule has 0 amide bonds. The largest absolute Gasteiger partial charge is 0.480 e. The first-order valence-electron chi connectivity index (χ1n) is 7.31. The molecule has 6 heteroatoms. The average Bonchev–Trinajstić information content (AvgIpc) is 2.98. The fourth-order valence-electron chi connectivity index (χ4n) is 2.88. The molecule has 1 heterocycles. The van der Waals surface area contributed by atoms with Crippen molar-refractivity contribution in [2.24, 2.45) is 0 Å². The number of fused-ring (bicyclic) bond motifs is 1. The lowest BCUT2D eigenvalue weighted by Gasteiger charge is -2.16. The van der Waals surface area contributed by atoms with Gasteiger partial charge >= 0.3 is 5.97 Å². The Morgan fingerprint density at radius 1 is 1.30 bits per heavy atom. The van der Waals surface area contributed by atoms with E-state index < -0.39 is 5.97 Å². The van der Waals surface area contributed by atoms with Gasteiger partial charge in [-0.3, -0.25) is 0 Å². The molecule has 1 aliphatic rings. The molecule has 1 aliphatic carbocycles. The van der Waals surface area contributed by atoms with Crippen LogP contribution in [0.2, 0.25) is 0 Å². The summed E-state index contributed by atoms with van der Waals surface area (Å²) in [5, 5.41) is 3.42. The summed E-state index contributed by atoms with van der Waals surface area (Å²) in [4.78, 5) is 16.1. The van der Waals surface area contributed by atoms with E-state index in [4.69, 9.17) is 9.47 Å². The number of hydrogen-bond acceptors (Lipinski definition) is 5.